The summed E-state index contributed by atoms with van der Waals surface area (Å²) in [6, 6.07) is -4.64. The van der Waals surface area contributed by atoms with E-state index < -0.39 is 70.5 Å². The molecule has 1 aliphatic heterocycles. The number of rotatable bonds is 12. The number of ether oxygens (including phenoxy) is 1. The largest absolute Gasteiger partial charge is 0.461 e. The second kappa shape index (κ2) is 15.2. The standard InChI is InChI=1S/C34H57N5O7/c1-19(2)22-16-17-39(24(22)29(42)36-23(25(40)28(35)41)18-20-12-11-13-20)30(43)26(33(3,4)5)37-32(45)38-27(34(6,7)8)31(44)46-21-14-9-10-15-21/h19-24,26-27H,9-18H2,1-8H3,(H2,35,41)(H,36,42)(H2,37,38,45)/t22-,23?,24+,26-,27-/m1/s1. The summed E-state index contributed by atoms with van der Waals surface area (Å²) in [5, 5.41) is 8.35. The lowest BCUT2D eigenvalue weighted by Gasteiger charge is -2.38. The van der Waals surface area contributed by atoms with Crippen LogP contribution in [0.3, 0.4) is 0 Å². The van der Waals surface area contributed by atoms with Gasteiger partial charge in [0.15, 0.2) is 0 Å². The molecule has 5 atom stereocenters. The molecule has 1 heterocycles. The van der Waals surface area contributed by atoms with Crippen molar-refractivity contribution in [3.05, 3.63) is 0 Å². The molecule has 3 fully saturated rings. The molecule has 5 N–H and O–H groups in total. The van der Waals surface area contributed by atoms with E-state index in [9.17, 15) is 28.8 Å². The van der Waals surface area contributed by atoms with Crippen LogP contribution < -0.4 is 21.7 Å². The Morgan fingerprint density at radius 1 is 0.804 bits per heavy atom. The van der Waals surface area contributed by atoms with Gasteiger partial charge in [-0.25, -0.2) is 9.59 Å². The smallest absolute Gasteiger partial charge is 0.329 e. The number of nitrogens with two attached hydrogens (primary N) is 1. The van der Waals surface area contributed by atoms with E-state index >= 15 is 0 Å². The number of likely N-dealkylation sites (tertiary alicyclic amines) is 1. The number of esters is 1. The van der Waals surface area contributed by atoms with Gasteiger partial charge >= 0.3 is 12.0 Å². The Labute approximate surface area is 274 Å². The predicted octanol–water partition coefficient (Wildman–Crippen LogP) is 3.20. The average Bonchev–Trinajstić information content (AvgIpc) is 3.59. The van der Waals surface area contributed by atoms with Crippen LogP contribution in [0.2, 0.25) is 0 Å². The molecule has 3 aliphatic rings. The van der Waals surface area contributed by atoms with Crippen molar-refractivity contribution in [3.63, 3.8) is 0 Å². The monoisotopic (exact) mass is 647 g/mol. The summed E-state index contributed by atoms with van der Waals surface area (Å²) in [4.78, 5) is 80.8. The minimum Gasteiger partial charge on any atom is -0.461 e. The summed E-state index contributed by atoms with van der Waals surface area (Å²) in [7, 11) is 0. The first-order chi connectivity index (χ1) is 21.3. The minimum atomic E-state index is -1.10. The first-order valence-corrected chi connectivity index (χ1v) is 17.0. The second-order valence-electron chi connectivity index (χ2n) is 16.1. The van der Waals surface area contributed by atoms with Crippen LogP contribution in [-0.2, 0) is 28.7 Å². The molecule has 0 aromatic heterocycles. The molecule has 0 aromatic carbocycles. The molecule has 1 saturated heterocycles. The van der Waals surface area contributed by atoms with Gasteiger partial charge in [0.1, 0.15) is 24.2 Å². The summed E-state index contributed by atoms with van der Waals surface area (Å²) in [6.45, 7) is 15.2. The first kappa shape index (κ1) is 37.3. The molecule has 2 saturated carbocycles. The molecule has 0 spiro atoms. The highest BCUT2D eigenvalue weighted by Crippen LogP contribution is 2.35. The van der Waals surface area contributed by atoms with E-state index in [-0.39, 0.29) is 30.4 Å². The SMILES string of the molecule is CC(C)[C@H]1CCN(C(=O)[C@@H](NC(=O)N[C@H](C(=O)OC2CCCC2)C(C)(C)C)C(C)(C)C)[C@@H]1C(=O)NC(CC1CCC1)C(=O)C(N)=O. The van der Waals surface area contributed by atoms with Crippen LogP contribution in [0.4, 0.5) is 4.79 Å². The summed E-state index contributed by atoms with van der Waals surface area (Å²) in [5.41, 5.74) is 3.91. The highest BCUT2D eigenvalue weighted by atomic mass is 16.5. The number of primary amides is 1. The summed E-state index contributed by atoms with van der Waals surface area (Å²) in [5.74, 6) is -3.36. The van der Waals surface area contributed by atoms with E-state index in [4.69, 9.17) is 10.5 Å². The fraction of sp³-hybridized carbons (Fsp3) is 0.824. The van der Waals surface area contributed by atoms with Crippen molar-refractivity contribution >= 4 is 35.5 Å². The van der Waals surface area contributed by atoms with Crippen molar-refractivity contribution in [1.29, 1.82) is 0 Å². The fourth-order valence-corrected chi connectivity index (χ4v) is 6.81. The fourth-order valence-electron chi connectivity index (χ4n) is 6.81. The van der Waals surface area contributed by atoms with Crippen molar-refractivity contribution in [2.24, 2.45) is 34.3 Å². The van der Waals surface area contributed by atoms with Gasteiger partial charge < -0.3 is 31.3 Å². The van der Waals surface area contributed by atoms with Crippen LogP contribution in [0.15, 0.2) is 0 Å². The number of hydrogen-bond donors (Lipinski definition) is 4. The number of ketones is 1. The Morgan fingerprint density at radius 3 is 1.85 bits per heavy atom. The van der Waals surface area contributed by atoms with Gasteiger partial charge in [-0.15, -0.1) is 0 Å². The summed E-state index contributed by atoms with van der Waals surface area (Å²) >= 11 is 0. The molecule has 2 aliphatic carbocycles. The van der Waals surface area contributed by atoms with Gasteiger partial charge in [-0.3, -0.25) is 19.2 Å². The highest BCUT2D eigenvalue weighted by molar-refractivity contribution is 6.37. The van der Waals surface area contributed by atoms with Gasteiger partial charge in [-0.2, -0.15) is 0 Å². The second-order valence-corrected chi connectivity index (χ2v) is 16.1. The zero-order valence-electron chi connectivity index (χ0n) is 29.1. The number of amides is 5. The van der Waals surface area contributed by atoms with E-state index in [0.29, 0.717) is 12.8 Å². The Kier molecular flexibility index (Phi) is 12.3. The molecule has 0 radical (unpaired) electrons. The van der Waals surface area contributed by atoms with Gasteiger partial charge in [0.2, 0.25) is 17.6 Å². The first-order valence-electron chi connectivity index (χ1n) is 17.0. The molecule has 46 heavy (non-hydrogen) atoms. The Balaban J connectivity index is 1.81. The molecule has 5 amide bonds. The molecule has 0 aromatic rings. The van der Waals surface area contributed by atoms with Crippen LogP contribution in [0, 0.1) is 28.6 Å². The lowest BCUT2D eigenvalue weighted by atomic mass is 9.80. The zero-order valence-corrected chi connectivity index (χ0v) is 29.1. The van der Waals surface area contributed by atoms with Crippen molar-refractivity contribution < 1.29 is 33.5 Å². The van der Waals surface area contributed by atoms with Crippen LogP contribution in [0.25, 0.3) is 0 Å². The van der Waals surface area contributed by atoms with E-state index in [1.165, 1.54) is 4.90 Å². The topological polar surface area (TPSA) is 177 Å². The number of urea groups is 1. The third kappa shape index (κ3) is 9.44. The number of nitrogens with one attached hydrogen (secondary N) is 3. The van der Waals surface area contributed by atoms with Crippen molar-refractivity contribution in [1.82, 2.24) is 20.9 Å². The van der Waals surface area contributed by atoms with Crippen LogP contribution >= 0.6 is 0 Å². The van der Waals surface area contributed by atoms with Crippen LogP contribution in [0.5, 0.6) is 0 Å². The van der Waals surface area contributed by atoms with Gasteiger partial charge in [0.25, 0.3) is 5.91 Å². The molecular formula is C34H57N5O7. The quantitative estimate of drug-likeness (QED) is 0.186. The number of nitrogens with zero attached hydrogens (tertiary/aromatic N) is 1. The van der Waals surface area contributed by atoms with Gasteiger partial charge in [0, 0.05) is 6.54 Å². The molecule has 12 heteroatoms. The Hall–Kier alpha value is -3.18. The van der Waals surface area contributed by atoms with Crippen molar-refractivity contribution in [3.8, 4) is 0 Å². The van der Waals surface area contributed by atoms with Crippen LogP contribution in [-0.4, -0.2) is 77.2 Å². The van der Waals surface area contributed by atoms with Crippen LogP contribution in [0.1, 0.15) is 113 Å². The zero-order chi connectivity index (χ0) is 34.6. The number of carbonyl (C=O) groups is 6. The Bertz CT molecular complexity index is 1150. The van der Waals surface area contributed by atoms with E-state index in [2.05, 4.69) is 16.0 Å². The van der Waals surface area contributed by atoms with Gasteiger partial charge in [-0.1, -0.05) is 74.7 Å². The number of hydrogen-bond acceptors (Lipinski definition) is 7. The summed E-state index contributed by atoms with van der Waals surface area (Å²) in [6.07, 6.45) is 7.17. The van der Waals surface area contributed by atoms with Gasteiger partial charge in [-0.05, 0) is 67.1 Å². The maximum absolute atomic E-state index is 14.3. The number of carbonyl (C=O) groups excluding carboxylic acids is 6. The lowest BCUT2D eigenvalue weighted by molar-refractivity contribution is -0.154. The van der Waals surface area contributed by atoms with Crippen molar-refractivity contribution in [2.45, 2.75) is 143 Å². The van der Waals surface area contributed by atoms with Gasteiger partial charge in [0.05, 0.1) is 6.04 Å². The molecule has 3 rings (SSSR count). The third-order valence-electron chi connectivity index (χ3n) is 9.87. The maximum atomic E-state index is 14.3. The average molecular weight is 648 g/mol. The third-order valence-corrected chi connectivity index (χ3v) is 9.87. The molecule has 260 valence electrons. The molecule has 12 nitrogen and oxygen atoms in total. The molecular weight excluding hydrogens is 590 g/mol. The van der Waals surface area contributed by atoms with E-state index in [0.717, 1.165) is 44.9 Å². The maximum Gasteiger partial charge on any atom is 0.329 e. The number of Topliss-reactive ketones (excluding diaryl/α,β-unsaturated/α-hetero) is 1. The summed E-state index contributed by atoms with van der Waals surface area (Å²) < 4.78 is 5.72. The van der Waals surface area contributed by atoms with E-state index in [1.807, 2.05) is 55.4 Å². The van der Waals surface area contributed by atoms with Crippen molar-refractivity contribution in [2.75, 3.05) is 6.54 Å². The predicted molar refractivity (Wildman–Crippen MR) is 173 cm³/mol. The minimum absolute atomic E-state index is 0.0354. The van der Waals surface area contributed by atoms with E-state index in [1.54, 1.807) is 0 Å². The lowest BCUT2D eigenvalue weighted by Crippen LogP contribution is -2.62. The molecule has 0 bridgehead atoms. The molecule has 1 unspecified atom stereocenters. The normalized spacial score (nSPS) is 22.8. The Morgan fingerprint density at radius 2 is 1.37 bits per heavy atom. The highest BCUT2D eigenvalue weighted by Gasteiger charge is 2.48.